The Morgan fingerprint density at radius 1 is 0.964 bits per heavy atom. The molecule has 0 aliphatic carbocycles. The summed E-state index contributed by atoms with van der Waals surface area (Å²) in [4.78, 5) is 4.61. The van der Waals surface area contributed by atoms with Gasteiger partial charge in [-0.3, -0.25) is 0 Å². The lowest BCUT2D eigenvalue weighted by molar-refractivity contribution is 0.271. The number of piperidine rings is 1. The van der Waals surface area contributed by atoms with Crippen LogP contribution in [0.15, 0.2) is 54.6 Å². The predicted molar refractivity (Wildman–Crippen MR) is 129 cm³/mol. The number of hydrogen-bond donors (Lipinski definition) is 0. The molecule has 0 bridgehead atoms. The van der Waals surface area contributed by atoms with Crippen molar-refractivity contribution >= 4 is 40.7 Å². The molecule has 0 N–H and O–H groups in total. The summed E-state index contributed by atoms with van der Waals surface area (Å²) >= 11 is 7.48. The minimum atomic E-state index is 0. The molecule has 2 aromatic carbocycles. The van der Waals surface area contributed by atoms with Gasteiger partial charge in [-0.1, -0.05) is 78.6 Å². The first kappa shape index (κ1) is 23.2. The smallest absolute Gasteiger partial charge is 0.136 e. The van der Waals surface area contributed by atoms with Crippen LogP contribution in [0.5, 0.6) is 0 Å². The summed E-state index contributed by atoms with van der Waals surface area (Å²) in [5.74, 6) is 1.75. The zero-order valence-corrected chi connectivity index (χ0v) is 19.3. The van der Waals surface area contributed by atoms with E-state index in [-0.39, 0.29) is 12.4 Å². The van der Waals surface area contributed by atoms with E-state index in [4.69, 9.17) is 12.2 Å². The number of thiocarbonyl (C=S) groups is 1. The second kappa shape index (κ2) is 11.8. The molecule has 3 rings (SSSR count). The van der Waals surface area contributed by atoms with E-state index in [0.717, 1.165) is 35.6 Å². The molecule has 1 fully saturated rings. The third-order valence-electron chi connectivity index (χ3n) is 5.12. The Bertz CT molecular complexity index is 711. The van der Waals surface area contributed by atoms with Crippen molar-refractivity contribution in [2.45, 2.75) is 31.6 Å². The number of thioether (sulfide) groups is 1. The van der Waals surface area contributed by atoms with E-state index in [1.165, 1.54) is 36.0 Å². The first-order chi connectivity index (χ1) is 13.1. The summed E-state index contributed by atoms with van der Waals surface area (Å²) in [5.41, 5.74) is 4.20. The largest absolute Gasteiger partial charge is 0.357 e. The third-order valence-corrected chi connectivity index (χ3v) is 6.72. The molecule has 2 aromatic rings. The van der Waals surface area contributed by atoms with Crippen LogP contribution in [0.4, 0.5) is 0 Å². The Balaban J connectivity index is 0.00000280. The number of hydrogen-bond acceptors (Lipinski definition) is 3. The van der Waals surface area contributed by atoms with Gasteiger partial charge in [-0.25, -0.2) is 0 Å². The van der Waals surface area contributed by atoms with Crippen LogP contribution in [0, 0.1) is 5.92 Å². The lowest BCUT2D eigenvalue weighted by Gasteiger charge is -2.33. The second-order valence-electron chi connectivity index (χ2n) is 7.73. The molecule has 1 aliphatic heterocycles. The first-order valence-corrected chi connectivity index (χ1v) is 11.2. The second-order valence-corrected chi connectivity index (χ2v) is 9.34. The van der Waals surface area contributed by atoms with Gasteiger partial charge in [-0.2, -0.15) is 0 Å². The molecule has 0 amide bonds. The molecule has 0 aromatic heterocycles. The number of nitrogens with zero attached hydrogens (tertiary/aromatic N) is 2. The quantitative estimate of drug-likeness (QED) is 0.542. The van der Waals surface area contributed by atoms with Crippen LogP contribution >= 0.6 is 36.4 Å². The molecule has 1 heterocycles. The molecular weight excluding hydrogens is 404 g/mol. The van der Waals surface area contributed by atoms with Gasteiger partial charge < -0.3 is 9.80 Å². The highest BCUT2D eigenvalue weighted by Gasteiger charge is 2.21. The molecule has 1 aliphatic rings. The minimum absolute atomic E-state index is 0. The SMILES string of the molecule is CN(C)Cc1ccc(CC2CCN(C(=S)SCc3ccccc3)CC2)cc1.Cl. The van der Waals surface area contributed by atoms with E-state index in [0.29, 0.717) is 0 Å². The molecular formula is C23H31ClN2S2. The van der Waals surface area contributed by atoms with Crippen LogP contribution in [0.2, 0.25) is 0 Å². The van der Waals surface area contributed by atoms with Crippen molar-refractivity contribution in [1.29, 1.82) is 0 Å². The van der Waals surface area contributed by atoms with Crippen LogP contribution in [-0.4, -0.2) is 41.3 Å². The van der Waals surface area contributed by atoms with Crippen LogP contribution in [-0.2, 0) is 18.7 Å². The Hall–Kier alpha value is -1.07. The molecule has 0 radical (unpaired) electrons. The molecule has 0 spiro atoms. The van der Waals surface area contributed by atoms with E-state index in [9.17, 15) is 0 Å². The zero-order valence-electron chi connectivity index (χ0n) is 16.8. The molecule has 28 heavy (non-hydrogen) atoms. The van der Waals surface area contributed by atoms with Crippen molar-refractivity contribution < 1.29 is 0 Å². The van der Waals surface area contributed by atoms with Crippen LogP contribution < -0.4 is 0 Å². The lowest BCUT2D eigenvalue weighted by atomic mass is 9.90. The van der Waals surface area contributed by atoms with E-state index in [1.54, 1.807) is 11.8 Å². The van der Waals surface area contributed by atoms with Crippen molar-refractivity contribution in [2.75, 3.05) is 27.2 Å². The van der Waals surface area contributed by atoms with Gasteiger partial charge in [0.05, 0.1) is 0 Å². The molecule has 152 valence electrons. The standard InChI is InChI=1S/C23H30N2S2.ClH/c1-24(2)17-21-10-8-19(9-11-21)16-20-12-14-25(15-13-20)23(26)27-18-22-6-4-3-5-7-22;/h3-11,20H,12-18H2,1-2H3;1H. The van der Waals surface area contributed by atoms with Crippen molar-refractivity contribution in [3.8, 4) is 0 Å². The fourth-order valence-electron chi connectivity index (χ4n) is 3.61. The van der Waals surface area contributed by atoms with Gasteiger partial charge in [-0.05, 0) is 56.0 Å². The number of halogens is 1. The van der Waals surface area contributed by atoms with Gasteiger partial charge in [0.1, 0.15) is 4.32 Å². The molecule has 1 saturated heterocycles. The van der Waals surface area contributed by atoms with Gasteiger partial charge in [0.2, 0.25) is 0 Å². The van der Waals surface area contributed by atoms with E-state index in [2.05, 4.69) is 78.5 Å². The molecule has 2 nitrogen and oxygen atoms in total. The average Bonchev–Trinajstić information content (AvgIpc) is 2.69. The summed E-state index contributed by atoms with van der Waals surface area (Å²) in [6.07, 6.45) is 3.68. The maximum absolute atomic E-state index is 5.68. The van der Waals surface area contributed by atoms with Crippen molar-refractivity contribution in [2.24, 2.45) is 5.92 Å². The molecule has 0 saturated carbocycles. The van der Waals surface area contributed by atoms with E-state index >= 15 is 0 Å². The Morgan fingerprint density at radius 3 is 2.18 bits per heavy atom. The molecule has 5 heteroatoms. The Morgan fingerprint density at radius 2 is 1.57 bits per heavy atom. The minimum Gasteiger partial charge on any atom is -0.357 e. The summed E-state index contributed by atoms with van der Waals surface area (Å²) < 4.78 is 1.06. The third kappa shape index (κ3) is 7.40. The maximum atomic E-state index is 5.68. The molecule has 0 atom stereocenters. The van der Waals surface area contributed by atoms with Crippen molar-refractivity contribution in [3.63, 3.8) is 0 Å². The van der Waals surface area contributed by atoms with Gasteiger partial charge >= 0.3 is 0 Å². The summed E-state index contributed by atoms with van der Waals surface area (Å²) in [6, 6.07) is 19.8. The normalized spacial score (nSPS) is 14.8. The van der Waals surface area contributed by atoms with Crippen LogP contribution in [0.3, 0.4) is 0 Å². The van der Waals surface area contributed by atoms with Gasteiger partial charge in [0.25, 0.3) is 0 Å². The Labute approximate surface area is 186 Å². The highest BCUT2D eigenvalue weighted by atomic mass is 35.5. The van der Waals surface area contributed by atoms with Crippen molar-refractivity contribution in [1.82, 2.24) is 9.80 Å². The first-order valence-electron chi connectivity index (χ1n) is 9.78. The number of likely N-dealkylation sites (tertiary alicyclic amines) is 1. The fraction of sp³-hybridized carbons (Fsp3) is 0.435. The monoisotopic (exact) mass is 434 g/mol. The van der Waals surface area contributed by atoms with Crippen LogP contribution in [0.1, 0.15) is 29.5 Å². The van der Waals surface area contributed by atoms with Gasteiger partial charge in [-0.15, -0.1) is 12.4 Å². The summed E-state index contributed by atoms with van der Waals surface area (Å²) in [7, 11) is 4.23. The van der Waals surface area contributed by atoms with Gasteiger partial charge in [0.15, 0.2) is 0 Å². The van der Waals surface area contributed by atoms with Gasteiger partial charge in [0, 0.05) is 25.4 Å². The topological polar surface area (TPSA) is 6.48 Å². The average molecular weight is 435 g/mol. The number of rotatable bonds is 6. The fourth-order valence-corrected chi connectivity index (χ4v) is 4.82. The summed E-state index contributed by atoms with van der Waals surface area (Å²) in [6.45, 7) is 3.21. The number of benzene rings is 2. The van der Waals surface area contributed by atoms with Crippen LogP contribution in [0.25, 0.3) is 0 Å². The maximum Gasteiger partial charge on any atom is 0.136 e. The van der Waals surface area contributed by atoms with E-state index in [1.807, 2.05) is 0 Å². The summed E-state index contributed by atoms with van der Waals surface area (Å²) in [5, 5.41) is 0. The zero-order chi connectivity index (χ0) is 19.1. The Kier molecular flexibility index (Phi) is 9.80. The highest BCUT2D eigenvalue weighted by molar-refractivity contribution is 8.22. The van der Waals surface area contributed by atoms with E-state index < -0.39 is 0 Å². The highest BCUT2D eigenvalue weighted by Crippen LogP contribution is 2.25. The predicted octanol–water partition coefficient (Wildman–Crippen LogP) is 5.64. The van der Waals surface area contributed by atoms with Crippen molar-refractivity contribution in [3.05, 3.63) is 71.3 Å². The molecule has 0 unspecified atom stereocenters. The lowest BCUT2D eigenvalue weighted by Crippen LogP contribution is -2.36.